The standard InChI is InChI=1S/C16H16N4O3/c21-15(22)16(20-8-1-6-18-20)4-9-19(10-5-16)14-12-3-11-23-13(12)2-7-17-14/h1-3,6-8,11H,4-5,9-10H2,(H,21,22). The van der Waals surface area contributed by atoms with Crippen molar-refractivity contribution in [2.75, 3.05) is 18.0 Å². The molecule has 0 bridgehead atoms. The lowest BCUT2D eigenvalue weighted by atomic mass is 9.87. The molecule has 3 aromatic heterocycles. The van der Waals surface area contributed by atoms with Gasteiger partial charge < -0.3 is 14.4 Å². The molecule has 118 valence electrons. The Kier molecular flexibility index (Phi) is 3.07. The minimum Gasteiger partial charge on any atom is -0.479 e. The Morgan fingerprint density at radius 2 is 2.09 bits per heavy atom. The van der Waals surface area contributed by atoms with Gasteiger partial charge in [0.15, 0.2) is 5.54 Å². The summed E-state index contributed by atoms with van der Waals surface area (Å²) >= 11 is 0. The number of carboxylic acid groups (broad SMARTS) is 1. The smallest absolute Gasteiger partial charge is 0.331 e. The van der Waals surface area contributed by atoms with Crippen molar-refractivity contribution in [2.24, 2.45) is 0 Å². The van der Waals surface area contributed by atoms with Crippen LogP contribution < -0.4 is 4.90 Å². The monoisotopic (exact) mass is 312 g/mol. The van der Waals surface area contributed by atoms with Crippen molar-refractivity contribution in [2.45, 2.75) is 18.4 Å². The normalized spacial score (nSPS) is 17.5. The lowest BCUT2D eigenvalue weighted by Gasteiger charge is -2.39. The van der Waals surface area contributed by atoms with Gasteiger partial charge in [-0.05, 0) is 18.2 Å². The Bertz CT molecular complexity index is 832. The van der Waals surface area contributed by atoms with Crippen LogP contribution >= 0.6 is 0 Å². The zero-order chi connectivity index (χ0) is 15.9. The zero-order valence-electron chi connectivity index (χ0n) is 12.4. The van der Waals surface area contributed by atoms with Gasteiger partial charge in [0.25, 0.3) is 0 Å². The zero-order valence-corrected chi connectivity index (χ0v) is 12.4. The van der Waals surface area contributed by atoms with E-state index in [0.717, 1.165) is 16.8 Å². The summed E-state index contributed by atoms with van der Waals surface area (Å²) in [5.74, 6) is 0.00559. The molecule has 1 aliphatic heterocycles. The van der Waals surface area contributed by atoms with E-state index in [9.17, 15) is 9.90 Å². The van der Waals surface area contributed by atoms with Crippen LogP contribution in [0.1, 0.15) is 12.8 Å². The maximum Gasteiger partial charge on any atom is 0.331 e. The molecule has 1 aliphatic rings. The average Bonchev–Trinajstić information content (AvgIpc) is 3.26. The number of hydrogen-bond acceptors (Lipinski definition) is 5. The fourth-order valence-electron chi connectivity index (χ4n) is 3.28. The number of anilines is 1. The fourth-order valence-corrected chi connectivity index (χ4v) is 3.28. The van der Waals surface area contributed by atoms with E-state index in [1.54, 1.807) is 35.6 Å². The molecule has 1 saturated heterocycles. The van der Waals surface area contributed by atoms with Gasteiger partial charge in [0, 0.05) is 44.5 Å². The number of hydrogen-bond donors (Lipinski definition) is 1. The van der Waals surface area contributed by atoms with Crippen LogP contribution in [0.4, 0.5) is 5.82 Å². The van der Waals surface area contributed by atoms with Gasteiger partial charge in [-0.25, -0.2) is 9.78 Å². The van der Waals surface area contributed by atoms with Crippen molar-refractivity contribution in [3.63, 3.8) is 0 Å². The number of rotatable bonds is 3. The fraction of sp³-hybridized carbons (Fsp3) is 0.312. The molecular formula is C16H16N4O3. The van der Waals surface area contributed by atoms with Gasteiger partial charge in [0.2, 0.25) is 0 Å². The van der Waals surface area contributed by atoms with Gasteiger partial charge in [0.05, 0.1) is 11.6 Å². The molecule has 1 fully saturated rings. The van der Waals surface area contributed by atoms with E-state index < -0.39 is 11.5 Å². The maximum absolute atomic E-state index is 11.9. The second-order valence-electron chi connectivity index (χ2n) is 5.74. The van der Waals surface area contributed by atoms with Crippen LogP contribution in [0.5, 0.6) is 0 Å². The summed E-state index contributed by atoms with van der Waals surface area (Å²) in [6, 6.07) is 5.48. The van der Waals surface area contributed by atoms with Crippen LogP contribution in [0.15, 0.2) is 47.5 Å². The van der Waals surface area contributed by atoms with Crippen molar-refractivity contribution in [3.05, 3.63) is 43.1 Å². The predicted molar refractivity (Wildman–Crippen MR) is 83.3 cm³/mol. The number of carbonyl (C=O) groups is 1. The van der Waals surface area contributed by atoms with Crippen molar-refractivity contribution in [1.82, 2.24) is 14.8 Å². The lowest BCUT2D eigenvalue weighted by Crippen LogP contribution is -2.51. The highest BCUT2D eigenvalue weighted by Crippen LogP contribution is 2.34. The van der Waals surface area contributed by atoms with Crippen molar-refractivity contribution in [1.29, 1.82) is 0 Å². The highest BCUT2D eigenvalue weighted by molar-refractivity contribution is 5.88. The van der Waals surface area contributed by atoms with E-state index in [1.165, 1.54) is 0 Å². The third kappa shape index (κ3) is 2.08. The van der Waals surface area contributed by atoms with Crippen LogP contribution in [0.25, 0.3) is 11.0 Å². The largest absolute Gasteiger partial charge is 0.479 e. The summed E-state index contributed by atoms with van der Waals surface area (Å²) in [6.07, 6.45) is 7.64. The number of carboxylic acids is 1. The number of pyridine rings is 1. The van der Waals surface area contributed by atoms with Crippen LogP contribution in [-0.4, -0.2) is 38.9 Å². The molecular weight excluding hydrogens is 296 g/mol. The molecule has 7 nitrogen and oxygen atoms in total. The first kappa shape index (κ1) is 13.8. The SMILES string of the molecule is O=C(O)C1(n2cccn2)CCN(c2nccc3occc23)CC1. The average molecular weight is 312 g/mol. The molecule has 7 heteroatoms. The second kappa shape index (κ2) is 5.12. The van der Waals surface area contributed by atoms with Crippen LogP contribution in [0.2, 0.25) is 0 Å². The number of furan rings is 1. The topological polar surface area (TPSA) is 84.4 Å². The third-order valence-corrected chi connectivity index (χ3v) is 4.59. The Morgan fingerprint density at radius 1 is 1.26 bits per heavy atom. The molecule has 0 radical (unpaired) electrons. The number of piperidine rings is 1. The first-order chi connectivity index (χ1) is 11.2. The molecule has 4 heterocycles. The molecule has 0 unspecified atom stereocenters. The molecule has 1 N–H and O–H groups in total. The van der Waals surface area contributed by atoms with Crippen molar-refractivity contribution in [3.8, 4) is 0 Å². The Labute approximate surface area is 132 Å². The molecule has 23 heavy (non-hydrogen) atoms. The second-order valence-corrected chi connectivity index (χ2v) is 5.74. The molecule has 0 aromatic carbocycles. The quantitative estimate of drug-likeness (QED) is 0.797. The summed E-state index contributed by atoms with van der Waals surface area (Å²) in [4.78, 5) is 18.4. The van der Waals surface area contributed by atoms with Crippen LogP contribution in [0, 0.1) is 0 Å². The van der Waals surface area contributed by atoms with Gasteiger partial charge in [-0.2, -0.15) is 5.10 Å². The summed E-state index contributed by atoms with van der Waals surface area (Å²) in [6.45, 7) is 1.20. The summed E-state index contributed by atoms with van der Waals surface area (Å²) in [5, 5.41) is 14.9. The first-order valence-electron chi connectivity index (χ1n) is 7.51. The molecule has 4 rings (SSSR count). The summed E-state index contributed by atoms with van der Waals surface area (Å²) < 4.78 is 6.98. The molecule has 0 atom stereocenters. The maximum atomic E-state index is 11.9. The van der Waals surface area contributed by atoms with E-state index in [2.05, 4.69) is 15.0 Å². The van der Waals surface area contributed by atoms with Gasteiger partial charge in [-0.3, -0.25) is 4.68 Å². The minimum atomic E-state index is -0.982. The van der Waals surface area contributed by atoms with E-state index >= 15 is 0 Å². The number of fused-ring (bicyclic) bond motifs is 1. The Morgan fingerprint density at radius 3 is 2.78 bits per heavy atom. The van der Waals surface area contributed by atoms with E-state index in [0.29, 0.717) is 25.9 Å². The van der Waals surface area contributed by atoms with Crippen molar-refractivity contribution >= 4 is 22.8 Å². The molecule has 0 aliphatic carbocycles. The van der Waals surface area contributed by atoms with Crippen LogP contribution in [-0.2, 0) is 10.3 Å². The van der Waals surface area contributed by atoms with Gasteiger partial charge in [-0.15, -0.1) is 0 Å². The number of aliphatic carboxylic acids is 1. The first-order valence-corrected chi connectivity index (χ1v) is 7.51. The summed E-state index contributed by atoms with van der Waals surface area (Å²) in [5.41, 5.74) is -0.193. The Hall–Kier alpha value is -2.83. The molecule has 0 saturated carbocycles. The van der Waals surface area contributed by atoms with E-state index in [4.69, 9.17) is 4.42 Å². The predicted octanol–water partition coefficient (Wildman–Crippen LogP) is 2.10. The molecule has 0 amide bonds. The number of nitrogens with zero attached hydrogens (tertiary/aromatic N) is 4. The van der Waals surface area contributed by atoms with E-state index in [-0.39, 0.29) is 0 Å². The van der Waals surface area contributed by atoms with Gasteiger partial charge in [-0.1, -0.05) is 0 Å². The van der Waals surface area contributed by atoms with E-state index in [1.807, 2.05) is 12.1 Å². The van der Waals surface area contributed by atoms with Crippen molar-refractivity contribution < 1.29 is 14.3 Å². The van der Waals surface area contributed by atoms with Crippen LogP contribution in [0.3, 0.4) is 0 Å². The lowest BCUT2D eigenvalue weighted by molar-refractivity contribution is -0.149. The Balaban J connectivity index is 1.64. The minimum absolute atomic E-state index is 0.472. The molecule has 0 spiro atoms. The summed E-state index contributed by atoms with van der Waals surface area (Å²) in [7, 11) is 0. The molecule has 3 aromatic rings. The highest BCUT2D eigenvalue weighted by atomic mass is 16.4. The van der Waals surface area contributed by atoms with Gasteiger partial charge in [0.1, 0.15) is 11.4 Å². The van der Waals surface area contributed by atoms with Gasteiger partial charge >= 0.3 is 5.97 Å². The highest BCUT2D eigenvalue weighted by Gasteiger charge is 2.44. The third-order valence-electron chi connectivity index (χ3n) is 4.59. The number of aromatic nitrogens is 3.